The third-order valence-corrected chi connectivity index (χ3v) is 4.34. The molecule has 4 unspecified atom stereocenters. The zero-order valence-corrected chi connectivity index (χ0v) is 17.9. The topological polar surface area (TPSA) is 151 Å². The smallest absolute Gasteiger partial charge is 0.326 e. The Morgan fingerprint density at radius 1 is 0.786 bits per heavy atom. The monoisotopic (exact) mass is 400 g/mol. The van der Waals surface area contributed by atoms with Gasteiger partial charge in [0.1, 0.15) is 18.1 Å². The molecule has 6 N–H and O–H groups in total. The SMILES string of the molecule is CC(C)CC(NC(=O)C(C)NC(=O)C(NC(=O)C(N)C(C)C)C(C)C)C(=O)O. The van der Waals surface area contributed by atoms with Gasteiger partial charge in [-0.2, -0.15) is 0 Å². The summed E-state index contributed by atoms with van der Waals surface area (Å²) in [6.45, 7) is 12.3. The third kappa shape index (κ3) is 8.69. The lowest BCUT2D eigenvalue weighted by Crippen LogP contribution is -2.58. The van der Waals surface area contributed by atoms with E-state index in [-0.39, 0.29) is 24.2 Å². The molecule has 0 rings (SSSR count). The van der Waals surface area contributed by atoms with Crippen LogP contribution in [-0.2, 0) is 19.2 Å². The summed E-state index contributed by atoms with van der Waals surface area (Å²) in [6, 6.07) is -3.60. The van der Waals surface area contributed by atoms with Crippen molar-refractivity contribution in [2.45, 2.75) is 79.1 Å². The molecule has 0 spiro atoms. The van der Waals surface area contributed by atoms with Crippen LogP contribution in [0.25, 0.3) is 0 Å². The summed E-state index contributed by atoms with van der Waals surface area (Å²) >= 11 is 0. The maximum absolute atomic E-state index is 12.6. The van der Waals surface area contributed by atoms with Crippen LogP contribution in [-0.4, -0.2) is 53.0 Å². The number of aliphatic carboxylic acids is 1. The Labute approximate surface area is 167 Å². The van der Waals surface area contributed by atoms with Gasteiger partial charge in [-0.3, -0.25) is 14.4 Å². The molecule has 28 heavy (non-hydrogen) atoms. The number of carbonyl (C=O) groups is 4. The van der Waals surface area contributed by atoms with Crippen molar-refractivity contribution < 1.29 is 24.3 Å². The Kier molecular flexibility index (Phi) is 10.7. The summed E-state index contributed by atoms with van der Waals surface area (Å²) < 4.78 is 0. The predicted molar refractivity (Wildman–Crippen MR) is 106 cm³/mol. The number of hydrogen-bond acceptors (Lipinski definition) is 5. The second-order valence-electron chi connectivity index (χ2n) is 8.26. The number of carboxylic acid groups (broad SMARTS) is 1. The van der Waals surface area contributed by atoms with E-state index in [1.165, 1.54) is 6.92 Å². The molecule has 9 heteroatoms. The van der Waals surface area contributed by atoms with Crippen molar-refractivity contribution in [3.8, 4) is 0 Å². The Hall–Kier alpha value is -2.16. The Bertz CT molecular complexity index is 563. The van der Waals surface area contributed by atoms with E-state index < -0.39 is 47.9 Å². The van der Waals surface area contributed by atoms with Gasteiger partial charge in [0.25, 0.3) is 0 Å². The lowest BCUT2D eigenvalue weighted by atomic mass is 10.00. The Morgan fingerprint density at radius 2 is 1.32 bits per heavy atom. The van der Waals surface area contributed by atoms with Crippen LogP contribution in [0, 0.1) is 17.8 Å². The number of nitrogens with two attached hydrogens (primary N) is 1. The van der Waals surface area contributed by atoms with Crippen LogP contribution in [0.15, 0.2) is 0 Å². The van der Waals surface area contributed by atoms with E-state index in [2.05, 4.69) is 16.0 Å². The van der Waals surface area contributed by atoms with Crippen molar-refractivity contribution in [1.82, 2.24) is 16.0 Å². The summed E-state index contributed by atoms with van der Waals surface area (Å²) in [5.41, 5.74) is 5.82. The first kappa shape index (κ1) is 25.8. The minimum atomic E-state index is -1.13. The number of rotatable bonds is 11. The lowest BCUT2D eigenvalue weighted by Gasteiger charge is -2.26. The summed E-state index contributed by atoms with van der Waals surface area (Å²) in [6.07, 6.45) is 0.277. The largest absolute Gasteiger partial charge is 0.480 e. The van der Waals surface area contributed by atoms with Crippen molar-refractivity contribution >= 4 is 23.7 Å². The number of hydrogen-bond donors (Lipinski definition) is 5. The molecule has 0 aromatic rings. The average molecular weight is 401 g/mol. The molecule has 0 aromatic carbocycles. The number of carboxylic acids is 1. The van der Waals surface area contributed by atoms with E-state index in [4.69, 9.17) is 5.73 Å². The Morgan fingerprint density at radius 3 is 1.71 bits per heavy atom. The molecule has 4 atom stereocenters. The molecule has 0 fully saturated rings. The van der Waals surface area contributed by atoms with Gasteiger partial charge in [0.15, 0.2) is 0 Å². The van der Waals surface area contributed by atoms with Gasteiger partial charge < -0.3 is 26.8 Å². The second-order valence-corrected chi connectivity index (χ2v) is 8.26. The fourth-order valence-corrected chi connectivity index (χ4v) is 2.45. The van der Waals surface area contributed by atoms with Gasteiger partial charge in [-0.15, -0.1) is 0 Å². The average Bonchev–Trinajstić information content (AvgIpc) is 2.56. The highest BCUT2D eigenvalue weighted by atomic mass is 16.4. The second kappa shape index (κ2) is 11.6. The van der Waals surface area contributed by atoms with Gasteiger partial charge in [0, 0.05) is 0 Å². The van der Waals surface area contributed by atoms with Crippen LogP contribution in [0.2, 0.25) is 0 Å². The van der Waals surface area contributed by atoms with Crippen LogP contribution in [0.1, 0.15) is 54.9 Å². The standard InChI is InChI=1S/C19H36N4O5/c1-9(2)8-13(19(27)28)22-16(24)12(7)21-18(26)15(11(5)6)23-17(25)14(20)10(3)4/h9-15H,8,20H2,1-7H3,(H,21,26)(H,22,24)(H,23,25)(H,27,28). The molecule has 0 saturated heterocycles. The molecule has 0 bridgehead atoms. The van der Waals surface area contributed by atoms with Crippen LogP contribution in [0.5, 0.6) is 0 Å². The molecule has 9 nitrogen and oxygen atoms in total. The predicted octanol–water partition coefficient (Wildman–Crippen LogP) is 0.231. The molecule has 0 aliphatic heterocycles. The fourth-order valence-electron chi connectivity index (χ4n) is 2.45. The van der Waals surface area contributed by atoms with Crippen molar-refractivity contribution in [2.24, 2.45) is 23.5 Å². The summed E-state index contributed by atoms with van der Waals surface area (Å²) in [5, 5.41) is 16.8. The number of nitrogens with one attached hydrogen (secondary N) is 3. The molecule has 3 amide bonds. The van der Waals surface area contributed by atoms with Gasteiger partial charge in [-0.25, -0.2) is 4.79 Å². The van der Waals surface area contributed by atoms with Crippen LogP contribution >= 0.6 is 0 Å². The van der Waals surface area contributed by atoms with Gasteiger partial charge in [0.2, 0.25) is 17.7 Å². The molecule has 0 radical (unpaired) electrons. The molecular formula is C19H36N4O5. The molecule has 0 saturated carbocycles. The normalized spacial score (nSPS) is 15.7. The highest BCUT2D eigenvalue weighted by Crippen LogP contribution is 2.07. The zero-order chi connectivity index (χ0) is 22.2. The summed E-state index contributed by atoms with van der Waals surface area (Å²) in [7, 11) is 0. The molecule has 0 heterocycles. The van der Waals surface area contributed by atoms with E-state index in [0.29, 0.717) is 0 Å². The fraction of sp³-hybridized carbons (Fsp3) is 0.789. The van der Waals surface area contributed by atoms with Gasteiger partial charge in [-0.05, 0) is 31.1 Å². The van der Waals surface area contributed by atoms with Gasteiger partial charge in [-0.1, -0.05) is 41.5 Å². The minimum absolute atomic E-state index is 0.0806. The zero-order valence-electron chi connectivity index (χ0n) is 17.9. The maximum Gasteiger partial charge on any atom is 0.326 e. The van der Waals surface area contributed by atoms with E-state index >= 15 is 0 Å². The van der Waals surface area contributed by atoms with Gasteiger partial charge in [0.05, 0.1) is 6.04 Å². The molecule has 162 valence electrons. The van der Waals surface area contributed by atoms with Crippen LogP contribution in [0.4, 0.5) is 0 Å². The first-order valence-corrected chi connectivity index (χ1v) is 9.67. The number of amides is 3. The van der Waals surface area contributed by atoms with Crippen LogP contribution < -0.4 is 21.7 Å². The lowest BCUT2D eigenvalue weighted by molar-refractivity contribution is -0.142. The van der Waals surface area contributed by atoms with Crippen molar-refractivity contribution in [1.29, 1.82) is 0 Å². The molecule has 0 aliphatic rings. The first-order chi connectivity index (χ1) is 12.8. The minimum Gasteiger partial charge on any atom is -0.480 e. The highest BCUT2D eigenvalue weighted by Gasteiger charge is 2.30. The quantitative estimate of drug-likeness (QED) is 0.335. The van der Waals surface area contributed by atoms with E-state index in [9.17, 15) is 24.3 Å². The van der Waals surface area contributed by atoms with E-state index in [0.717, 1.165) is 0 Å². The summed E-state index contributed by atoms with van der Waals surface area (Å²) in [4.78, 5) is 48.3. The van der Waals surface area contributed by atoms with Crippen molar-refractivity contribution in [3.05, 3.63) is 0 Å². The summed E-state index contributed by atoms with van der Waals surface area (Å²) in [5.74, 6) is -2.94. The molecule has 0 aromatic heterocycles. The van der Waals surface area contributed by atoms with Gasteiger partial charge >= 0.3 is 5.97 Å². The highest BCUT2D eigenvalue weighted by molar-refractivity contribution is 5.94. The maximum atomic E-state index is 12.6. The van der Waals surface area contributed by atoms with Crippen molar-refractivity contribution in [2.75, 3.05) is 0 Å². The molecular weight excluding hydrogens is 364 g/mol. The van der Waals surface area contributed by atoms with Crippen LogP contribution in [0.3, 0.4) is 0 Å². The van der Waals surface area contributed by atoms with E-state index in [1.807, 2.05) is 13.8 Å². The van der Waals surface area contributed by atoms with Crippen molar-refractivity contribution in [3.63, 3.8) is 0 Å². The Balaban J connectivity index is 4.99. The first-order valence-electron chi connectivity index (χ1n) is 9.67. The third-order valence-electron chi connectivity index (χ3n) is 4.34. The molecule has 0 aliphatic carbocycles. The van der Waals surface area contributed by atoms with E-state index in [1.54, 1.807) is 27.7 Å². The number of carbonyl (C=O) groups excluding carboxylic acids is 3.